The van der Waals surface area contributed by atoms with Crippen LogP contribution in [0.15, 0.2) is 6.33 Å². The second-order valence-corrected chi connectivity index (χ2v) is 4.66. The maximum atomic E-state index is 11.0. The van der Waals surface area contributed by atoms with Crippen molar-refractivity contribution >= 4 is 11.5 Å². The zero-order chi connectivity index (χ0) is 13.9. The fourth-order valence-electron chi connectivity index (χ4n) is 2.01. The van der Waals surface area contributed by atoms with Crippen LogP contribution < -0.4 is 10.1 Å². The van der Waals surface area contributed by atoms with Gasteiger partial charge in [-0.15, -0.1) is 0 Å². The first-order valence-electron chi connectivity index (χ1n) is 6.00. The monoisotopic (exact) mass is 268 g/mol. The summed E-state index contributed by atoms with van der Waals surface area (Å²) in [4.78, 5) is 18.1. The van der Waals surface area contributed by atoms with Gasteiger partial charge in [0.2, 0.25) is 5.82 Å². The van der Waals surface area contributed by atoms with Crippen LogP contribution in [0.4, 0.5) is 11.5 Å². The van der Waals surface area contributed by atoms with Crippen molar-refractivity contribution in [2.45, 2.75) is 19.3 Å². The first kappa shape index (κ1) is 13.5. The van der Waals surface area contributed by atoms with Crippen molar-refractivity contribution in [2.75, 3.05) is 25.6 Å². The summed E-state index contributed by atoms with van der Waals surface area (Å²) < 4.78 is 4.87. The van der Waals surface area contributed by atoms with Crippen LogP contribution in [0.3, 0.4) is 0 Å². The number of ether oxygens (including phenoxy) is 1. The molecular formula is C11H16N4O4. The van der Waals surface area contributed by atoms with Gasteiger partial charge < -0.3 is 15.2 Å². The Kier molecular flexibility index (Phi) is 3.79. The molecule has 0 radical (unpaired) electrons. The van der Waals surface area contributed by atoms with E-state index < -0.39 is 4.92 Å². The van der Waals surface area contributed by atoms with E-state index in [4.69, 9.17) is 9.84 Å². The number of nitro groups is 1. The maximum Gasteiger partial charge on any atom is 0.372 e. The van der Waals surface area contributed by atoms with Crippen molar-refractivity contribution in [2.24, 2.45) is 5.41 Å². The van der Waals surface area contributed by atoms with Gasteiger partial charge in [0.25, 0.3) is 5.88 Å². The van der Waals surface area contributed by atoms with Crippen LogP contribution in [0.5, 0.6) is 5.88 Å². The number of nitrogens with zero attached hydrogens (tertiary/aromatic N) is 3. The van der Waals surface area contributed by atoms with Crippen molar-refractivity contribution in [3.63, 3.8) is 0 Å². The number of methoxy groups -OCH3 is 1. The molecule has 1 fully saturated rings. The largest absolute Gasteiger partial charge is 0.476 e. The molecule has 0 aromatic carbocycles. The Morgan fingerprint density at radius 2 is 2.32 bits per heavy atom. The third-order valence-electron chi connectivity index (χ3n) is 3.39. The lowest BCUT2D eigenvalue weighted by Crippen LogP contribution is -2.18. The van der Waals surface area contributed by atoms with Crippen molar-refractivity contribution in [3.05, 3.63) is 16.4 Å². The summed E-state index contributed by atoms with van der Waals surface area (Å²) in [5.41, 5.74) is -0.217. The third-order valence-corrected chi connectivity index (χ3v) is 3.39. The highest BCUT2D eigenvalue weighted by atomic mass is 16.6. The van der Waals surface area contributed by atoms with Crippen LogP contribution in [0, 0.1) is 15.5 Å². The Morgan fingerprint density at radius 1 is 1.58 bits per heavy atom. The van der Waals surface area contributed by atoms with Gasteiger partial charge >= 0.3 is 5.69 Å². The topological polar surface area (TPSA) is 110 Å². The third kappa shape index (κ3) is 2.90. The Hall–Kier alpha value is -1.96. The molecule has 0 unspecified atom stereocenters. The van der Waals surface area contributed by atoms with Gasteiger partial charge in [0, 0.05) is 13.2 Å². The number of hydrogen-bond acceptors (Lipinski definition) is 7. The molecule has 1 aromatic rings. The molecule has 0 bridgehead atoms. The number of aromatic nitrogens is 2. The van der Waals surface area contributed by atoms with E-state index in [1.54, 1.807) is 0 Å². The Labute approximate surface area is 110 Å². The van der Waals surface area contributed by atoms with E-state index in [2.05, 4.69) is 15.3 Å². The fourth-order valence-corrected chi connectivity index (χ4v) is 2.01. The molecular weight excluding hydrogens is 252 g/mol. The summed E-state index contributed by atoms with van der Waals surface area (Å²) in [6.45, 7) is 0.672. The minimum absolute atomic E-state index is 0.0425. The molecule has 1 aliphatic carbocycles. The molecule has 0 spiro atoms. The lowest BCUT2D eigenvalue weighted by Gasteiger charge is -2.15. The second kappa shape index (κ2) is 5.35. The Bertz CT molecular complexity index is 476. The molecule has 8 heteroatoms. The van der Waals surface area contributed by atoms with E-state index in [1.165, 1.54) is 13.4 Å². The molecule has 2 rings (SSSR count). The Balaban J connectivity index is 2.14. The van der Waals surface area contributed by atoms with E-state index in [1.807, 2.05) is 0 Å². The molecule has 19 heavy (non-hydrogen) atoms. The average Bonchev–Trinajstić information content (AvgIpc) is 3.16. The first-order chi connectivity index (χ1) is 9.12. The maximum absolute atomic E-state index is 11.0. The number of aliphatic hydroxyl groups excluding tert-OH is 1. The first-order valence-corrected chi connectivity index (χ1v) is 6.00. The zero-order valence-corrected chi connectivity index (χ0v) is 10.6. The summed E-state index contributed by atoms with van der Waals surface area (Å²) in [7, 11) is 1.33. The molecule has 8 nitrogen and oxygen atoms in total. The van der Waals surface area contributed by atoms with E-state index in [0.717, 1.165) is 12.8 Å². The fraction of sp³-hybridized carbons (Fsp3) is 0.636. The van der Waals surface area contributed by atoms with Gasteiger partial charge in [0.1, 0.15) is 6.33 Å². The summed E-state index contributed by atoms with van der Waals surface area (Å²) in [6.07, 6.45) is 3.93. The van der Waals surface area contributed by atoms with Crippen molar-refractivity contribution in [1.29, 1.82) is 0 Å². The molecule has 1 aliphatic rings. The van der Waals surface area contributed by atoms with Gasteiger partial charge in [-0.2, -0.15) is 4.98 Å². The lowest BCUT2D eigenvalue weighted by molar-refractivity contribution is -0.385. The molecule has 104 valence electrons. The van der Waals surface area contributed by atoms with Crippen LogP contribution in [-0.2, 0) is 0 Å². The van der Waals surface area contributed by atoms with Crippen molar-refractivity contribution in [3.8, 4) is 5.88 Å². The molecule has 0 saturated heterocycles. The molecule has 1 saturated carbocycles. The van der Waals surface area contributed by atoms with E-state index in [-0.39, 0.29) is 29.4 Å². The van der Waals surface area contributed by atoms with Crippen molar-refractivity contribution in [1.82, 2.24) is 9.97 Å². The van der Waals surface area contributed by atoms with Crippen LogP contribution in [0.25, 0.3) is 0 Å². The van der Waals surface area contributed by atoms with Gasteiger partial charge in [-0.25, -0.2) is 4.98 Å². The molecule has 1 heterocycles. The summed E-state index contributed by atoms with van der Waals surface area (Å²) in [5.74, 6) is 0.0931. The quantitative estimate of drug-likeness (QED) is 0.559. The SMILES string of the molecule is COc1ncnc(NCC2(CCO)CC2)c1[N+](=O)[O-]. The summed E-state index contributed by atoms with van der Waals surface area (Å²) >= 11 is 0. The van der Waals surface area contributed by atoms with Gasteiger partial charge in [0.05, 0.1) is 12.0 Å². The van der Waals surface area contributed by atoms with Crippen LogP contribution in [-0.4, -0.2) is 40.3 Å². The molecule has 0 amide bonds. The minimum Gasteiger partial charge on any atom is -0.476 e. The normalized spacial score (nSPS) is 15.9. The average molecular weight is 268 g/mol. The van der Waals surface area contributed by atoms with E-state index in [0.29, 0.717) is 13.0 Å². The number of nitrogens with one attached hydrogen (secondary N) is 1. The van der Waals surface area contributed by atoms with Gasteiger partial charge in [-0.05, 0) is 24.7 Å². The van der Waals surface area contributed by atoms with Crippen LogP contribution in [0.1, 0.15) is 19.3 Å². The molecule has 2 N–H and O–H groups in total. The molecule has 0 aliphatic heterocycles. The Morgan fingerprint density at radius 3 is 2.84 bits per heavy atom. The number of rotatable bonds is 7. The van der Waals surface area contributed by atoms with Gasteiger partial charge in [0.15, 0.2) is 0 Å². The van der Waals surface area contributed by atoms with Crippen LogP contribution >= 0.6 is 0 Å². The highest BCUT2D eigenvalue weighted by molar-refractivity contribution is 5.61. The smallest absolute Gasteiger partial charge is 0.372 e. The zero-order valence-electron chi connectivity index (χ0n) is 10.6. The highest BCUT2D eigenvalue weighted by Crippen LogP contribution is 2.48. The summed E-state index contributed by atoms with van der Waals surface area (Å²) in [5, 5.41) is 23.0. The molecule has 1 aromatic heterocycles. The predicted octanol–water partition coefficient (Wildman–Crippen LogP) is 0.968. The minimum atomic E-state index is -0.563. The van der Waals surface area contributed by atoms with E-state index >= 15 is 0 Å². The number of anilines is 1. The van der Waals surface area contributed by atoms with Gasteiger partial charge in [-0.1, -0.05) is 0 Å². The number of hydrogen-bond donors (Lipinski definition) is 2. The second-order valence-electron chi connectivity index (χ2n) is 4.66. The van der Waals surface area contributed by atoms with Crippen LogP contribution in [0.2, 0.25) is 0 Å². The van der Waals surface area contributed by atoms with Gasteiger partial charge in [-0.3, -0.25) is 10.1 Å². The molecule has 0 atom stereocenters. The lowest BCUT2D eigenvalue weighted by atomic mass is 10.0. The predicted molar refractivity (Wildman–Crippen MR) is 67.1 cm³/mol. The number of aliphatic hydroxyl groups is 1. The van der Waals surface area contributed by atoms with E-state index in [9.17, 15) is 10.1 Å². The standard InChI is InChI=1S/C11H16N4O4/c1-19-10-8(15(17)18)9(13-7-14-10)12-6-11(2-3-11)4-5-16/h7,16H,2-6H2,1H3,(H,12,13,14). The summed E-state index contributed by atoms with van der Waals surface area (Å²) in [6, 6.07) is 0. The van der Waals surface area contributed by atoms with Crippen molar-refractivity contribution < 1.29 is 14.8 Å². The highest BCUT2D eigenvalue weighted by Gasteiger charge is 2.42.